The number of fused-ring (bicyclic) bond motifs is 1. The lowest BCUT2D eigenvalue weighted by atomic mass is 10.1. The van der Waals surface area contributed by atoms with Crippen LogP contribution in [0.2, 0.25) is 0 Å². The van der Waals surface area contributed by atoms with Crippen LogP contribution in [0.4, 0.5) is 0 Å². The van der Waals surface area contributed by atoms with Gasteiger partial charge in [0, 0.05) is 15.2 Å². The summed E-state index contributed by atoms with van der Waals surface area (Å²) >= 11 is 3.41. The second-order valence-electron chi connectivity index (χ2n) is 2.66. The summed E-state index contributed by atoms with van der Waals surface area (Å²) in [5.41, 5.74) is 0.972. The Balaban J connectivity index is 2.86. The van der Waals surface area contributed by atoms with Gasteiger partial charge in [-0.3, -0.25) is 0 Å². The zero-order valence-electron chi connectivity index (χ0n) is 6.58. The monoisotopic (exact) mass is 222 g/mol. The molecule has 0 saturated heterocycles. The normalized spacial score (nSPS) is 10.5. The molecular weight excluding hydrogens is 216 g/mol. The third-order valence-electron chi connectivity index (χ3n) is 1.81. The van der Waals surface area contributed by atoms with Crippen molar-refractivity contribution in [1.82, 2.24) is 10.2 Å². The minimum Gasteiger partial charge on any atom is -0.158 e. The first-order chi connectivity index (χ1) is 5.77. The third kappa shape index (κ3) is 1.20. The Bertz CT molecular complexity index is 426. The van der Waals surface area contributed by atoms with E-state index in [0.29, 0.717) is 0 Å². The molecule has 12 heavy (non-hydrogen) atoms. The zero-order valence-corrected chi connectivity index (χ0v) is 8.17. The summed E-state index contributed by atoms with van der Waals surface area (Å²) in [6.07, 6.45) is 1.77. The molecule has 0 atom stereocenters. The van der Waals surface area contributed by atoms with Gasteiger partial charge in [-0.15, -0.1) is 0 Å². The van der Waals surface area contributed by atoms with Crippen LogP contribution in [0.25, 0.3) is 10.8 Å². The summed E-state index contributed by atoms with van der Waals surface area (Å²) in [5.74, 6) is 0. The van der Waals surface area contributed by atoms with Crippen molar-refractivity contribution in [3.05, 3.63) is 34.6 Å². The fourth-order valence-corrected chi connectivity index (χ4v) is 1.58. The summed E-state index contributed by atoms with van der Waals surface area (Å²) in [6.45, 7) is 1.96. The number of aromatic nitrogens is 2. The average Bonchev–Trinajstić information content (AvgIpc) is 2.04. The van der Waals surface area contributed by atoms with Crippen LogP contribution in [0, 0.1) is 6.92 Å². The molecule has 1 aromatic carbocycles. The molecule has 0 bridgehead atoms. The predicted octanol–water partition coefficient (Wildman–Crippen LogP) is 2.70. The van der Waals surface area contributed by atoms with E-state index in [2.05, 4.69) is 26.1 Å². The van der Waals surface area contributed by atoms with Gasteiger partial charge in [0.05, 0.1) is 11.9 Å². The average molecular weight is 223 g/mol. The van der Waals surface area contributed by atoms with Crippen molar-refractivity contribution in [2.75, 3.05) is 0 Å². The van der Waals surface area contributed by atoms with Gasteiger partial charge >= 0.3 is 0 Å². The lowest BCUT2D eigenvalue weighted by molar-refractivity contribution is 1.00. The Labute approximate surface area is 78.8 Å². The highest BCUT2D eigenvalue weighted by Crippen LogP contribution is 2.19. The van der Waals surface area contributed by atoms with Crippen LogP contribution in [0.1, 0.15) is 5.69 Å². The standard InChI is InChI=1S/C9H7BrN2/c1-6-9-3-2-8(10)4-7(9)5-11-12-6/h2-5H,1H3. The Kier molecular flexibility index (Phi) is 1.81. The van der Waals surface area contributed by atoms with Crippen LogP contribution >= 0.6 is 15.9 Å². The fraction of sp³-hybridized carbons (Fsp3) is 0.111. The largest absolute Gasteiger partial charge is 0.158 e. The summed E-state index contributed by atoms with van der Waals surface area (Å²) < 4.78 is 1.07. The number of halogens is 1. The highest BCUT2D eigenvalue weighted by molar-refractivity contribution is 9.10. The lowest BCUT2D eigenvalue weighted by Crippen LogP contribution is -1.86. The maximum atomic E-state index is 3.97. The molecule has 0 N–H and O–H groups in total. The molecule has 0 aliphatic heterocycles. The lowest BCUT2D eigenvalue weighted by Gasteiger charge is -1.99. The third-order valence-corrected chi connectivity index (χ3v) is 2.30. The topological polar surface area (TPSA) is 25.8 Å². The van der Waals surface area contributed by atoms with Crippen LogP contribution < -0.4 is 0 Å². The first-order valence-corrected chi connectivity index (χ1v) is 4.44. The van der Waals surface area contributed by atoms with Gasteiger partial charge in [0.15, 0.2) is 0 Å². The van der Waals surface area contributed by atoms with Gasteiger partial charge in [0.25, 0.3) is 0 Å². The summed E-state index contributed by atoms with van der Waals surface area (Å²) in [5, 5.41) is 10.1. The summed E-state index contributed by atoms with van der Waals surface area (Å²) in [4.78, 5) is 0. The molecule has 0 unspecified atom stereocenters. The quantitative estimate of drug-likeness (QED) is 0.686. The van der Waals surface area contributed by atoms with E-state index < -0.39 is 0 Å². The molecule has 0 saturated carbocycles. The molecule has 0 amide bonds. The molecule has 0 aliphatic rings. The Morgan fingerprint density at radius 1 is 1.33 bits per heavy atom. The van der Waals surface area contributed by atoms with Crippen LogP contribution in [0.15, 0.2) is 28.9 Å². The van der Waals surface area contributed by atoms with E-state index >= 15 is 0 Å². The van der Waals surface area contributed by atoms with Crippen molar-refractivity contribution < 1.29 is 0 Å². The van der Waals surface area contributed by atoms with E-state index in [1.807, 2.05) is 25.1 Å². The van der Waals surface area contributed by atoms with E-state index in [1.165, 1.54) is 0 Å². The molecule has 1 aromatic heterocycles. The highest BCUT2D eigenvalue weighted by Gasteiger charge is 1.97. The van der Waals surface area contributed by atoms with Gasteiger partial charge in [0.1, 0.15) is 0 Å². The van der Waals surface area contributed by atoms with Crippen LogP contribution in [-0.2, 0) is 0 Å². The second kappa shape index (κ2) is 2.83. The number of rotatable bonds is 0. The van der Waals surface area contributed by atoms with Gasteiger partial charge in [-0.05, 0) is 19.1 Å². The number of aryl methyl sites for hydroxylation is 1. The van der Waals surface area contributed by atoms with E-state index in [1.54, 1.807) is 6.20 Å². The SMILES string of the molecule is Cc1nncc2cc(Br)ccc12. The van der Waals surface area contributed by atoms with E-state index in [4.69, 9.17) is 0 Å². The minimum atomic E-state index is 0.972. The van der Waals surface area contributed by atoms with Gasteiger partial charge in [-0.1, -0.05) is 22.0 Å². The first kappa shape index (κ1) is 7.68. The molecular formula is C9H7BrN2. The molecule has 0 aliphatic carbocycles. The van der Waals surface area contributed by atoms with Crippen molar-refractivity contribution in [2.24, 2.45) is 0 Å². The Morgan fingerprint density at radius 3 is 3.00 bits per heavy atom. The van der Waals surface area contributed by atoms with E-state index in [0.717, 1.165) is 20.9 Å². The molecule has 2 aromatic rings. The van der Waals surface area contributed by atoms with Crippen LogP contribution in [-0.4, -0.2) is 10.2 Å². The molecule has 0 radical (unpaired) electrons. The highest BCUT2D eigenvalue weighted by atomic mass is 79.9. The molecule has 2 nitrogen and oxygen atoms in total. The van der Waals surface area contributed by atoms with Gasteiger partial charge < -0.3 is 0 Å². The van der Waals surface area contributed by atoms with Crippen molar-refractivity contribution in [3.8, 4) is 0 Å². The van der Waals surface area contributed by atoms with Crippen molar-refractivity contribution in [3.63, 3.8) is 0 Å². The van der Waals surface area contributed by atoms with Crippen LogP contribution in [0.5, 0.6) is 0 Å². The Hall–Kier alpha value is -0.960. The van der Waals surface area contributed by atoms with E-state index in [-0.39, 0.29) is 0 Å². The summed E-state index contributed by atoms with van der Waals surface area (Å²) in [7, 11) is 0. The Morgan fingerprint density at radius 2 is 2.17 bits per heavy atom. The second-order valence-corrected chi connectivity index (χ2v) is 3.58. The smallest absolute Gasteiger partial charge is 0.0678 e. The predicted molar refractivity (Wildman–Crippen MR) is 52.0 cm³/mol. The molecule has 0 spiro atoms. The first-order valence-electron chi connectivity index (χ1n) is 3.65. The molecule has 60 valence electrons. The number of benzene rings is 1. The number of hydrogen-bond acceptors (Lipinski definition) is 2. The van der Waals surface area contributed by atoms with Crippen molar-refractivity contribution >= 4 is 26.7 Å². The summed E-state index contributed by atoms with van der Waals surface area (Å²) in [6, 6.07) is 6.09. The molecule has 1 heterocycles. The molecule has 2 rings (SSSR count). The van der Waals surface area contributed by atoms with Gasteiger partial charge in [0.2, 0.25) is 0 Å². The zero-order chi connectivity index (χ0) is 8.55. The number of hydrogen-bond donors (Lipinski definition) is 0. The maximum absolute atomic E-state index is 3.97. The maximum Gasteiger partial charge on any atom is 0.0678 e. The van der Waals surface area contributed by atoms with E-state index in [9.17, 15) is 0 Å². The fourth-order valence-electron chi connectivity index (χ4n) is 1.20. The van der Waals surface area contributed by atoms with Crippen LogP contribution in [0.3, 0.4) is 0 Å². The van der Waals surface area contributed by atoms with Gasteiger partial charge in [-0.2, -0.15) is 10.2 Å². The number of nitrogens with zero attached hydrogens (tertiary/aromatic N) is 2. The molecule has 0 fully saturated rings. The van der Waals surface area contributed by atoms with Crippen molar-refractivity contribution in [1.29, 1.82) is 0 Å². The van der Waals surface area contributed by atoms with Gasteiger partial charge in [-0.25, -0.2) is 0 Å². The molecule has 3 heteroatoms. The van der Waals surface area contributed by atoms with Crippen molar-refractivity contribution in [2.45, 2.75) is 6.92 Å². The minimum absolute atomic E-state index is 0.972.